The second kappa shape index (κ2) is 8.38. The summed E-state index contributed by atoms with van der Waals surface area (Å²) in [6.07, 6.45) is 0. The Morgan fingerprint density at radius 3 is 2.00 bits per heavy atom. The number of fused-ring (bicyclic) bond motifs is 2. The van der Waals surface area contributed by atoms with Crippen molar-refractivity contribution in [3.8, 4) is 11.1 Å². The van der Waals surface area contributed by atoms with Gasteiger partial charge in [0.15, 0.2) is 0 Å². The Labute approximate surface area is 198 Å². The lowest BCUT2D eigenvalue weighted by Crippen LogP contribution is -2.23. The second-order valence-electron chi connectivity index (χ2n) is 8.61. The van der Waals surface area contributed by atoms with E-state index in [1.807, 2.05) is 54.2 Å². The summed E-state index contributed by atoms with van der Waals surface area (Å²) >= 11 is 1.83. The average Bonchev–Trinajstić information content (AvgIpc) is 2.84. The van der Waals surface area contributed by atoms with E-state index in [1.165, 1.54) is 26.5 Å². The first kappa shape index (κ1) is 21.2. The molecule has 1 aliphatic rings. The summed E-state index contributed by atoms with van der Waals surface area (Å²) in [5.74, 6) is -0.0611. The highest BCUT2D eigenvalue weighted by atomic mass is 32.2. The molecule has 0 saturated carbocycles. The number of benzene rings is 4. The Bertz CT molecular complexity index is 1360. The molecule has 5 rings (SSSR count). The molecule has 0 radical (unpaired) electrons. The summed E-state index contributed by atoms with van der Waals surface area (Å²) in [6, 6.07) is 32.2. The predicted octanol–water partition coefficient (Wildman–Crippen LogP) is 7.51. The highest BCUT2D eigenvalue weighted by molar-refractivity contribution is 7.99. The third-order valence-corrected chi connectivity index (χ3v) is 7.38. The minimum atomic E-state index is -0.0686. The zero-order valence-electron chi connectivity index (χ0n) is 18.6. The van der Waals surface area contributed by atoms with Crippen LogP contribution in [0.5, 0.6) is 0 Å². The van der Waals surface area contributed by atoms with Crippen LogP contribution in [0.2, 0.25) is 0 Å². The molecular formula is C29H24N2OS. The van der Waals surface area contributed by atoms with Crippen molar-refractivity contribution in [1.29, 1.82) is 10.8 Å². The van der Waals surface area contributed by atoms with E-state index in [9.17, 15) is 0 Å². The Morgan fingerprint density at radius 1 is 0.667 bits per heavy atom. The van der Waals surface area contributed by atoms with Gasteiger partial charge in [-0.3, -0.25) is 10.8 Å². The van der Waals surface area contributed by atoms with Gasteiger partial charge in [-0.25, -0.2) is 0 Å². The fourth-order valence-electron chi connectivity index (χ4n) is 4.30. The van der Waals surface area contributed by atoms with Gasteiger partial charge in [0.2, 0.25) is 11.8 Å². The van der Waals surface area contributed by atoms with E-state index in [2.05, 4.69) is 56.3 Å². The molecule has 0 saturated heterocycles. The molecule has 0 atom stereocenters. The standard InChI is InChI=1S/C29H24N2OS/c1-29(2)23-12-6-7-14-25(23)33-26-22(11-8-13-24(26)29)19-15-17-21(18-16-19)28(31)32-27(30)20-9-4-3-5-10-20/h3-18,30-31H,1-2H3. The molecule has 4 heteroatoms. The van der Waals surface area contributed by atoms with Crippen LogP contribution in [0.15, 0.2) is 107 Å². The molecule has 3 nitrogen and oxygen atoms in total. The quantitative estimate of drug-likeness (QED) is 0.252. The number of rotatable bonds is 3. The maximum atomic E-state index is 8.30. The molecule has 0 bridgehead atoms. The fourth-order valence-corrected chi connectivity index (χ4v) is 5.83. The van der Waals surface area contributed by atoms with Crippen LogP contribution in [-0.4, -0.2) is 11.8 Å². The van der Waals surface area contributed by atoms with Crippen LogP contribution < -0.4 is 0 Å². The predicted molar refractivity (Wildman–Crippen MR) is 136 cm³/mol. The molecule has 0 aliphatic carbocycles. The van der Waals surface area contributed by atoms with Gasteiger partial charge in [-0.05, 0) is 52.6 Å². The highest BCUT2D eigenvalue weighted by Crippen LogP contribution is 2.51. The summed E-state index contributed by atoms with van der Waals surface area (Å²) in [5.41, 5.74) is 6.21. The molecule has 1 heterocycles. The zero-order chi connectivity index (χ0) is 23.0. The largest absolute Gasteiger partial charge is 0.421 e. The molecule has 0 fully saturated rings. The van der Waals surface area contributed by atoms with Gasteiger partial charge in [0.05, 0.1) is 0 Å². The Balaban J connectivity index is 1.43. The van der Waals surface area contributed by atoms with Crippen LogP contribution in [0.4, 0.5) is 0 Å². The van der Waals surface area contributed by atoms with E-state index in [1.54, 1.807) is 12.1 Å². The molecule has 0 amide bonds. The van der Waals surface area contributed by atoms with E-state index in [-0.39, 0.29) is 17.2 Å². The van der Waals surface area contributed by atoms with Gasteiger partial charge in [0.1, 0.15) is 0 Å². The number of hydrogen-bond acceptors (Lipinski definition) is 4. The van der Waals surface area contributed by atoms with Crippen LogP contribution in [-0.2, 0) is 10.2 Å². The lowest BCUT2D eigenvalue weighted by molar-refractivity contribution is 0.538. The maximum absolute atomic E-state index is 8.30. The van der Waals surface area contributed by atoms with Crippen LogP contribution in [0, 0.1) is 10.8 Å². The van der Waals surface area contributed by atoms with Gasteiger partial charge in [-0.2, -0.15) is 0 Å². The first-order valence-corrected chi connectivity index (χ1v) is 11.7. The minimum absolute atomic E-state index is 0.0286. The van der Waals surface area contributed by atoms with Crippen molar-refractivity contribution in [2.45, 2.75) is 29.1 Å². The molecule has 4 aromatic rings. The third-order valence-electron chi connectivity index (χ3n) is 6.16. The maximum Gasteiger partial charge on any atom is 0.221 e. The molecule has 162 valence electrons. The molecule has 0 unspecified atom stereocenters. The molecule has 0 spiro atoms. The van der Waals surface area contributed by atoms with Crippen molar-refractivity contribution in [2.75, 3.05) is 0 Å². The van der Waals surface area contributed by atoms with Crippen LogP contribution in [0.25, 0.3) is 11.1 Å². The fraction of sp³-hybridized carbons (Fsp3) is 0.103. The Hall–Kier alpha value is -3.63. The van der Waals surface area contributed by atoms with Gasteiger partial charge >= 0.3 is 0 Å². The van der Waals surface area contributed by atoms with Crippen LogP contribution in [0.3, 0.4) is 0 Å². The number of hydrogen-bond donors (Lipinski definition) is 2. The molecule has 4 aromatic carbocycles. The normalized spacial score (nSPS) is 13.5. The van der Waals surface area contributed by atoms with Crippen molar-refractivity contribution in [3.63, 3.8) is 0 Å². The summed E-state index contributed by atoms with van der Waals surface area (Å²) in [5, 5.41) is 16.4. The smallest absolute Gasteiger partial charge is 0.221 e. The number of ether oxygens (including phenoxy) is 1. The van der Waals surface area contributed by atoms with Crippen LogP contribution >= 0.6 is 11.8 Å². The van der Waals surface area contributed by atoms with Crippen molar-refractivity contribution in [2.24, 2.45) is 0 Å². The van der Waals surface area contributed by atoms with Crippen molar-refractivity contribution in [3.05, 3.63) is 119 Å². The summed E-state index contributed by atoms with van der Waals surface area (Å²) in [7, 11) is 0. The molecule has 0 aromatic heterocycles. The zero-order valence-corrected chi connectivity index (χ0v) is 19.4. The van der Waals surface area contributed by atoms with Gasteiger partial charge in [0.25, 0.3) is 0 Å². The van der Waals surface area contributed by atoms with Gasteiger partial charge in [-0.15, -0.1) is 0 Å². The second-order valence-corrected chi connectivity index (χ2v) is 9.66. The summed E-state index contributed by atoms with van der Waals surface area (Å²) in [4.78, 5) is 2.58. The van der Waals surface area contributed by atoms with Crippen molar-refractivity contribution in [1.82, 2.24) is 0 Å². The summed E-state index contributed by atoms with van der Waals surface area (Å²) in [6.45, 7) is 4.58. The minimum Gasteiger partial charge on any atom is -0.421 e. The molecule has 1 aliphatic heterocycles. The SMILES string of the molecule is CC1(C)c2ccccc2Sc2c(-c3ccc(C(=N)OC(=N)c4ccccc4)cc3)cccc21. The van der Waals surface area contributed by atoms with E-state index in [4.69, 9.17) is 15.6 Å². The topological polar surface area (TPSA) is 56.9 Å². The monoisotopic (exact) mass is 448 g/mol. The van der Waals surface area contributed by atoms with Crippen molar-refractivity contribution >= 4 is 23.6 Å². The Morgan fingerprint density at radius 2 is 1.27 bits per heavy atom. The van der Waals surface area contributed by atoms with Crippen molar-refractivity contribution < 1.29 is 4.74 Å². The summed E-state index contributed by atoms with van der Waals surface area (Å²) < 4.78 is 5.49. The number of nitrogens with one attached hydrogen (secondary N) is 2. The third kappa shape index (κ3) is 3.87. The first-order valence-electron chi connectivity index (χ1n) is 10.9. The molecule has 33 heavy (non-hydrogen) atoms. The van der Waals surface area contributed by atoms with E-state index in [0.29, 0.717) is 11.1 Å². The molecule has 2 N–H and O–H groups in total. The lowest BCUT2D eigenvalue weighted by Gasteiger charge is -2.35. The highest BCUT2D eigenvalue weighted by Gasteiger charge is 2.33. The van der Waals surface area contributed by atoms with Gasteiger partial charge < -0.3 is 4.74 Å². The van der Waals surface area contributed by atoms with Crippen LogP contribution in [0.1, 0.15) is 36.1 Å². The average molecular weight is 449 g/mol. The van der Waals surface area contributed by atoms with Gasteiger partial charge in [-0.1, -0.05) is 92.3 Å². The van der Waals surface area contributed by atoms with E-state index < -0.39 is 0 Å². The van der Waals surface area contributed by atoms with E-state index in [0.717, 1.165) is 5.56 Å². The van der Waals surface area contributed by atoms with E-state index >= 15 is 0 Å². The first-order chi connectivity index (χ1) is 15.9. The Kier molecular flexibility index (Phi) is 5.39. The van der Waals surface area contributed by atoms with Gasteiger partial charge in [0, 0.05) is 26.3 Å². The molecular weight excluding hydrogens is 424 g/mol. The lowest BCUT2D eigenvalue weighted by atomic mass is 9.77.